The molecule has 0 bridgehead atoms. The number of benzene rings is 1. The van der Waals surface area contributed by atoms with Gasteiger partial charge in [0.25, 0.3) is 0 Å². The molecule has 1 heterocycles. The monoisotopic (exact) mass is 275 g/mol. The van der Waals surface area contributed by atoms with E-state index in [1.165, 1.54) is 0 Å². The smallest absolute Gasteiger partial charge is 0.370 e. The Morgan fingerprint density at radius 3 is 2.63 bits per heavy atom. The zero-order valence-electron chi connectivity index (χ0n) is 9.75. The van der Waals surface area contributed by atoms with Gasteiger partial charge in [0.05, 0.1) is 23.7 Å². The molecule has 0 radical (unpaired) electrons. The van der Waals surface area contributed by atoms with Crippen molar-refractivity contribution in [3.8, 4) is 0 Å². The van der Waals surface area contributed by atoms with E-state index in [1.54, 1.807) is 18.2 Å². The van der Waals surface area contributed by atoms with Gasteiger partial charge in [0, 0.05) is 0 Å². The van der Waals surface area contributed by atoms with E-state index >= 15 is 0 Å². The van der Waals surface area contributed by atoms with Gasteiger partial charge >= 0.3 is 11.9 Å². The second-order valence-corrected chi connectivity index (χ2v) is 4.12. The van der Waals surface area contributed by atoms with Gasteiger partial charge in [0.15, 0.2) is 0 Å². The lowest BCUT2D eigenvalue weighted by atomic mass is 10.1. The molecule has 1 aromatic carbocycles. The minimum Gasteiger partial charge on any atom is -0.370 e. The van der Waals surface area contributed by atoms with Crippen molar-refractivity contribution in [3.63, 3.8) is 0 Å². The summed E-state index contributed by atoms with van der Waals surface area (Å²) in [6.45, 7) is -1.58. The lowest BCUT2D eigenvalue weighted by molar-refractivity contribution is -0.174. The van der Waals surface area contributed by atoms with Gasteiger partial charge in [-0.2, -0.15) is 13.2 Å². The highest BCUT2D eigenvalue weighted by atomic mass is 19.4. The Balaban J connectivity index is 2.04. The molecule has 5 nitrogen and oxygen atoms in total. The molecule has 0 fully saturated rings. The summed E-state index contributed by atoms with van der Waals surface area (Å²) in [6, 6.07) is 4.18. The maximum Gasteiger partial charge on any atom is 0.411 e. The number of H-pyrrole nitrogens is 2. The third kappa shape index (κ3) is 3.58. The molecule has 1 aromatic heterocycles. The van der Waals surface area contributed by atoms with Crippen LogP contribution >= 0.6 is 0 Å². The molecule has 0 saturated heterocycles. The zero-order chi connectivity index (χ0) is 14.0. The Bertz CT molecular complexity index is 617. The molecule has 0 saturated carbocycles. The Morgan fingerprint density at radius 1 is 1.26 bits per heavy atom. The Labute approximate surface area is 105 Å². The number of hydrogen-bond acceptors (Lipinski definition) is 3. The van der Waals surface area contributed by atoms with Crippen molar-refractivity contribution < 1.29 is 17.9 Å². The van der Waals surface area contributed by atoms with Gasteiger partial charge < -0.3 is 20.4 Å². The maximum atomic E-state index is 11.9. The molecule has 19 heavy (non-hydrogen) atoms. The fourth-order valence-corrected chi connectivity index (χ4v) is 1.68. The number of rotatable bonds is 4. The summed E-state index contributed by atoms with van der Waals surface area (Å²) in [5.74, 6) is 0. The van der Waals surface area contributed by atoms with Gasteiger partial charge in [-0.3, -0.25) is 0 Å². The molecule has 1 atom stereocenters. The van der Waals surface area contributed by atoms with Crippen LogP contribution < -0.4 is 11.4 Å². The van der Waals surface area contributed by atoms with Crippen molar-refractivity contribution in [1.29, 1.82) is 0 Å². The topological polar surface area (TPSA) is 83.9 Å². The molecule has 4 N–H and O–H groups in total. The first kappa shape index (κ1) is 13.6. The second-order valence-electron chi connectivity index (χ2n) is 4.12. The van der Waals surface area contributed by atoms with Gasteiger partial charge in [-0.1, -0.05) is 6.07 Å². The molecular formula is C11H12F3N3O2. The van der Waals surface area contributed by atoms with Gasteiger partial charge in [-0.15, -0.1) is 0 Å². The first-order valence-corrected chi connectivity index (χ1v) is 5.47. The highest BCUT2D eigenvalue weighted by Crippen LogP contribution is 2.18. The number of aromatic nitrogens is 2. The molecule has 0 amide bonds. The standard InChI is InChI=1S/C11H12F3N3O2/c12-11(13,14)5-19-4-7(15)6-1-2-8-9(3-6)17-10(18)16-8/h1-3,7H,4-5,15H2,(H2,16,17,18). The van der Waals surface area contributed by atoms with Crippen LogP contribution in [0.5, 0.6) is 0 Å². The third-order valence-corrected chi connectivity index (χ3v) is 2.53. The highest BCUT2D eigenvalue weighted by molar-refractivity contribution is 5.75. The fraction of sp³-hybridized carbons (Fsp3) is 0.364. The molecule has 1 unspecified atom stereocenters. The van der Waals surface area contributed by atoms with Crippen molar-refractivity contribution in [1.82, 2.24) is 9.97 Å². The maximum absolute atomic E-state index is 11.9. The molecule has 0 aliphatic heterocycles. The number of aromatic amines is 2. The van der Waals surface area contributed by atoms with E-state index in [0.717, 1.165) is 0 Å². The number of alkyl halides is 3. The summed E-state index contributed by atoms with van der Waals surface area (Å²) in [5, 5.41) is 0. The average molecular weight is 275 g/mol. The van der Waals surface area contributed by atoms with Gasteiger partial charge in [-0.25, -0.2) is 4.79 Å². The molecule has 0 aliphatic carbocycles. The number of imidazole rings is 1. The van der Waals surface area contributed by atoms with Crippen LogP contribution in [0.1, 0.15) is 11.6 Å². The minimum atomic E-state index is -4.37. The zero-order valence-corrected chi connectivity index (χ0v) is 9.75. The number of halogens is 3. The van der Waals surface area contributed by atoms with Crippen molar-refractivity contribution >= 4 is 11.0 Å². The molecule has 2 rings (SSSR count). The predicted molar refractivity (Wildman–Crippen MR) is 62.7 cm³/mol. The summed E-state index contributed by atoms with van der Waals surface area (Å²) >= 11 is 0. The number of nitrogens with one attached hydrogen (secondary N) is 2. The first-order valence-electron chi connectivity index (χ1n) is 5.47. The minimum absolute atomic E-state index is 0.250. The second kappa shape index (κ2) is 5.06. The van der Waals surface area contributed by atoms with Crippen LogP contribution in [0, 0.1) is 0 Å². The van der Waals surface area contributed by atoms with Crippen LogP contribution in [0.25, 0.3) is 11.0 Å². The number of fused-ring (bicyclic) bond motifs is 1. The molecule has 2 aromatic rings. The molecule has 8 heteroatoms. The molecule has 0 aliphatic rings. The van der Waals surface area contributed by atoms with Crippen LogP contribution in [0.3, 0.4) is 0 Å². The van der Waals surface area contributed by atoms with Crippen molar-refractivity contribution in [2.24, 2.45) is 5.73 Å². The summed E-state index contributed by atoms with van der Waals surface area (Å²) in [5.41, 5.74) is 7.12. The fourth-order valence-electron chi connectivity index (χ4n) is 1.68. The summed E-state index contributed by atoms with van der Waals surface area (Å²) < 4.78 is 40.2. The lowest BCUT2D eigenvalue weighted by Gasteiger charge is -2.13. The quantitative estimate of drug-likeness (QED) is 0.789. The van der Waals surface area contributed by atoms with E-state index in [4.69, 9.17) is 5.73 Å². The molecule has 104 valence electrons. The normalized spacial score (nSPS) is 13.9. The number of ether oxygens (including phenoxy) is 1. The number of nitrogens with two attached hydrogens (primary N) is 1. The molecule has 0 spiro atoms. The van der Waals surface area contributed by atoms with E-state index in [0.29, 0.717) is 16.6 Å². The first-order chi connectivity index (χ1) is 8.85. The van der Waals surface area contributed by atoms with E-state index in [2.05, 4.69) is 14.7 Å². The Kier molecular flexibility index (Phi) is 3.63. The molecular weight excluding hydrogens is 263 g/mol. The van der Waals surface area contributed by atoms with Crippen molar-refractivity contribution in [2.45, 2.75) is 12.2 Å². The summed E-state index contributed by atoms with van der Waals surface area (Å²) in [6.07, 6.45) is -4.37. The summed E-state index contributed by atoms with van der Waals surface area (Å²) in [4.78, 5) is 16.2. The van der Waals surface area contributed by atoms with E-state index in [9.17, 15) is 18.0 Å². The van der Waals surface area contributed by atoms with Gasteiger partial charge in [0.2, 0.25) is 0 Å². The van der Waals surface area contributed by atoms with E-state index in [-0.39, 0.29) is 12.3 Å². The SMILES string of the molecule is NC(COCC(F)(F)F)c1ccc2[nH]c(=O)[nH]c2c1. The van der Waals surface area contributed by atoms with E-state index in [1.807, 2.05) is 0 Å². The highest BCUT2D eigenvalue weighted by Gasteiger charge is 2.27. The predicted octanol–water partition coefficient (Wildman–Crippen LogP) is 1.43. The van der Waals surface area contributed by atoms with Crippen LogP contribution in [0.4, 0.5) is 13.2 Å². The van der Waals surface area contributed by atoms with Crippen molar-refractivity contribution in [2.75, 3.05) is 13.2 Å². The summed E-state index contributed by atoms with van der Waals surface area (Å²) in [7, 11) is 0. The van der Waals surface area contributed by atoms with Crippen LogP contribution in [0.2, 0.25) is 0 Å². The Morgan fingerprint density at radius 2 is 1.95 bits per heavy atom. The van der Waals surface area contributed by atoms with Crippen LogP contribution in [-0.4, -0.2) is 29.4 Å². The Hall–Kier alpha value is -1.80. The average Bonchev–Trinajstić information content (AvgIpc) is 2.65. The number of hydrogen-bond donors (Lipinski definition) is 3. The van der Waals surface area contributed by atoms with Crippen molar-refractivity contribution in [3.05, 3.63) is 34.2 Å². The van der Waals surface area contributed by atoms with Crippen LogP contribution in [-0.2, 0) is 4.74 Å². The largest absolute Gasteiger partial charge is 0.411 e. The third-order valence-electron chi connectivity index (χ3n) is 2.53. The van der Waals surface area contributed by atoms with Crippen LogP contribution in [0.15, 0.2) is 23.0 Å². The lowest BCUT2D eigenvalue weighted by Crippen LogP contribution is -2.23. The van der Waals surface area contributed by atoms with Gasteiger partial charge in [-0.05, 0) is 17.7 Å². The van der Waals surface area contributed by atoms with Gasteiger partial charge in [0.1, 0.15) is 6.61 Å². The van der Waals surface area contributed by atoms with E-state index < -0.39 is 18.8 Å².